The molecule has 0 radical (unpaired) electrons. The molecule has 3 aromatic rings. The van der Waals surface area contributed by atoms with Crippen molar-refractivity contribution in [1.29, 1.82) is 0 Å². The molecule has 3 heterocycles. The van der Waals surface area contributed by atoms with Crippen molar-refractivity contribution in [3.63, 3.8) is 0 Å². The molecule has 6 nitrogen and oxygen atoms in total. The van der Waals surface area contributed by atoms with Crippen LogP contribution in [-0.4, -0.2) is 31.8 Å². The van der Waals surface area contributed by atoms with Gasteiger partial charge in [-0.3, -0.25) is 9.20 Å². The number of amides is 1. The summed E-state index contributed by atoms with van der Waals surface area (Å²) in [6.45, 7) is 0.578. The van der Waals surface area contributed by atoms with Crippen LogP contribution in [0.2, 0.25) is 0 Å². The lowest BCUT2D eigenvalue weighted by Crippen LogP contribution is -2.27. The van der Waals surface area contributed by atoms with Crippen LogP contribution in [0, 0.1) is 0 Å². The Morgan fingerprint density at radius 1 is 1.53 bits per heavy atom. The zero-order valence-corrected chi connectivity index (χ0v) is 11.0. The first-order valence-corrected chi connectivity index (χ1v) is 6.85. The number of aromatic amines is 1. The van der Waals surface area contributed by atoms with E-state index in [1.54, 1.807) is 23.7 Å². The van der Waals surface area contributed by atoms with Gasteiger partial charge in [-0.25, -0.2) is 9.97 Å². The summed E-state index contributed by atoms with van der Waals surface area (Å²) in [6, 6.07) is 0. The third kappa shape index (κ3) is 2.82. The number of imidazole rings is 2. The number of hydrogen-bond acceptors (Lipinski definition) is 4. The van der Waals surface area contributed by atoms with Crippen LogP contribution >= 0.6 is 11.3 Å². The molecule has 2 N–H and O–H groups in total. The molecule has 19 heavy (non-hydrogen) atoms. The van der Waals surface area contributed by atoms with Gasteiger partial charge in [0.15, 0.2) is 4.96 Å². The quantitative estimate of drug-likeness (QED) is 0.730. The zero-order valence-electron chi connectivity index (χ0n) is 10.2. The Kier molecular flexibility index (Phi) is 3.28. The van der Waals surface area contributed by atoms with Crippen LogP contribution in [0.15, 0.2) is 30.2 Å². The van der Waals surface area contributed by atoms with Crippen molar-refractivity contribution in [3.05, 3.63) is 41.7 Å². The Morgan fingerprint density at radius 3 is 3.26 bits per heavy atom. The van der Waals surface area contributed by atoms with Crippen LogP contribution in [0.3, 0.4) is 0 Å². The fourth-order valence-corrected chi connectivity index (χ4v) is 2.56. The summed E-state index contributed by atoms with van der Waals surface area (Å²) in [4.78, 5) is 24.1. The lowest BCUT2D eigenvalue weighted by Gasteiger charge is -2.02. The minimum absolute atomic E-state index is 0.0164. The first-order valence-electron chi connectivity index (χ1n) is 5.97. The Balaban J connectivity index is 1.49. The molecule has 0 aliphatic rings. The predicted octanol–water partition coefficient (Wildman–Crippen LogP) is 1.02. The largest absolute Gasteiger partial charge is 0.355 e. The molecule has 7 heteroatoms. The second-order valence-electron chi connectivity index (χ2n) is 4.14. The van der Waals surface area contributed by atoms with Crippen molar-refractivity contribution < 1.29 is 4.79 Å². The zero-order chi connectivity index (χ0) is 13.1. The van der Waals surface area contributed by atoms with E-state index in [0.29, 0.717) is 19.4 Å². The van der Waals surface area contributed by atoms with E-state index in [1.807, 2.05) is 22.2 Å². The maximum Gasteiger partial charge on any atom is 0.226 e. The second-order valence-corrected chi connectivity index (χ2v) is 5.01. The van der Waals surface area contributed by atoms with Gasteiger partial charge >= 0.3 is 0 Å². The molecule has 0 fully saturated rings. The monoisotopic (exact) mass is 275 g/mol. The Morgan fingerprint density at radius 2 is 2.47 bits per heavy atom. The molecule has 0 spiro atoms. The molecule has 0 saturated heterocycles. The number of carbonyl (C=O) groups is 1. The second kappa shape index (κ2) is 5.23. The number of nitrogens with zero attached hydrogens (tertiary/aromatic N) is 3. The standard InChI is InChI=1S/C12H13N5OS/c18-11(15-2-1-10-13-3-4-14-10)7-9-8-17-5-6-19-12(17)16-9/h3-6,8H,1-2,7H2,(H,13,14)(H,15,18). The highest BCUT2D eigenvalue weighted by Crippen LogP contribution is 2.11. The fraction of sp³-hybridized carbons (Fsp3) is 0.250. The highest BCUT2D eigenvalue weighted by Gasteiger charge is 2.08. The molecule has 98 valence electrons. The minimum atomic E-state index is -0.0164. The third-order valence-corrected chi connectivity index (χ3v) is 3.49. The van der Waals surface area contributed by atoms with E-state index in [0.717, 1.165) is 16.5 Å². The third-order valence-electron chi connectivity index (χ3n) is 2.72. The maximum atomic E-state index is 11.8. The van der Waals surface area contributed by atoms with E-state index in [9.17, 15) is 4.79 Å². The van der Waals surface area contributed by atoms with Gasteiger partial charge in [0.25, 0.3) is 0 Å². The molecule has 3 aromatic heterocycles. The van der Waals surface area contributed by atoms with E-state index < -0.39 is 0 Å². The number of aromatic nitrogens is 4. The van der Waals surface area contributed by atoms with Crippen LogP contribution < -0.4 is 5.32 Å². The Bertz CT molecular complexity index is 641. The molecule has 0 aromatic carbocycles. The summed E-state index contributed by atoms with van der Waals surface area (Å²) in [5, 5.41) is 4.83. The molecular formula is C12H13N5OS. The lowest BCUT2D eigenvalue weighted by atomic mass is 10.3. The average Bonchev–Trinajstić information content (AvgIpc) is 3.04. The summed E-state index contributed by atoms with van der Waals surface area (Å²) in [6.07, 6.45) is 8.32. The van der Waals surface area contributed by atoms with Gasteiger partial charge < -0.3 is 10.3 Å². The van der Waals surface area contributed by atoms with Gasteiger partial charge in [0, 0.05) is 43.1 Å². The molecule has 0 unspecified atom stereocenters. The smallest absolute Gasteiger partial charge is 0.226 e. The van der Waals surface area contributed by atoms with Crippen LogP contribution in [0.25, 0.3) is 4.96 Å². The predicted molar refractivity (Wildman–Crippen MR) is 72.1 cm³/mol. The van der Waals surface area contributed by atoms with Crippen molar-refractivity contribution in [3.8, 4) is 0 Å². The van der Waals surface area contributed by atoms with Crippen LogP contribution in [-0.2, 0) is 17.6 Å². The van der Waals surface area contributed by atoms with E-state index in [2.05, 4.69) is 20.3 Å². The van der Waals surface area contributed by atoms with Crippen molar-refractivity contribution in [1.82, 2.24) is 24.7 Å². The normalized spacial score (nSPS) is 10.9. The molecule has 0 aliphatic heterocycles. The van der Waals surface area contributed by atoms with Crippen molar-refractivity contribution in [2.24, 2.45) is 0 Å². The maximum absolute atomic E-state index is 11.8. The van der Waals surface area contributed by atoms with Gasteiger partial charge in [-0.1, -0.05) is 0 Å². The van der Waals surface area contributed by atoms with E-state index in [1.165, 1.54) is 0 Å². The van der Waals surface area contributed by atoms with E-state index in [4.69, 9.17) is 0 Å². The van der Waals surface area contributed by atoms with Gasteiger partial charge in [0.1, 0.15) is 5.82 Å². The average molecular weight is 275 g/mol. The summed E-state index contributed by atoms with van der Waals surface area (Å²) in [7, 11) is 0. The van der Waals surface area contributed by atoms with Gasteiger partial charge in [-0.15, -0.1) is 11.3 Å². The molecule has 3 rings (SSSR count). The molecule has 1 amide bonds. The van der Waals surface area contributed by atoms with Gasteiger partial charge in [0.05, 0.1) is 12.1 Å². The fourth-order valence-electron chi connectivity index (χ4n) is 1.84. The Labute approximate surface area is 113 Å². The van der Waals surface area contributed by atoms with Crippen molar-refractivity contribution in [2.75, 3.05) is 6.54 Å². The first kappa shape index (κ1) is 11.9. The first-order chi connectivity index (χ1) is 9.31. The van der Waals surface area contributed by atoms with Crippen LogP contribution in [0.1, 0.15) is 11.5 Å². The van der Waals surface area contributed by atoms with Gasteiger partial charge in [-0.05, 0) is 0 Å². The minimum Gasteiger partial charge on any atom is -0.355 e. The molecular weight excluding hydrogens is 262 g/mol. The number of H-pyrrole nitrogens is 1. The summed E-state index contributed by atoms with van der Waals surface area (Å²) < 4.78 is 1.93. The molecule has 0 atom stereocenters. The topological polar surface area (TPSA) is 75.1 Å². The highest BCUT2D eigenvalue weighted by molar-refractivity contribution is 7.15. The highest BCUT2D eigenvalue weighted by atomic mass is 32.1. The summed E-state index contributed by atoms with van der Waals surface area (Å²) in [5.41, 5.74) is 0.794. The number of carbonyl (C=O) groups excluding carboxylic acids is 1. The SMILES string of the molecule is O=C(Cc1cn2ccsc2n1)NCCc1ncc[nH]1. The number of thiazole rings is 1. The van der Waals surface area contributed by atoms with Gasteiger partial charge in [0.2, 0.25) is 5.91 Å². The van der Waals surface area contributed by atoms with Crippen molar-refractivity contribution in [2.45, 2.75) is 12.8 Å². The molecule has 0 saturated carbocycles. The summed E-state index contributed by atoms with van der Waals surface area (Å²) >= 11 is 1.56. The lowest BCUT2D eigenvalue weighted by molar-refractivity contribution is -0.120. The van der Waals surface area contributed by atoms with E-state index in [-0.39, 0.29) is 5.91 Å². The number of nitrogens with one attached hydrogen (secondary N) is 2. The Hall–Kier alpha value is -2.15. The van der Waals surface area contributed by atoms with Gasteiger partial charge in [-0.2, -0.15) is 0 Å². The number of rotatable bonds is 5. The number of fused-ring (bicyclic) bond motifs is 1. The molecule has 0 aliphatic carbocycles. The van der Waals surface area contributed by atoms with Crippen LogP contribution in [0.4, 0.5) is 0 Å². The number of hydrogen-bond donors (Lipinski definition) is 2. The summed E-state index contributed by atoms with van der Waals surface area (Å²) in [5.74, 6) is 0.861. The van der Waals surface area contributed by atoms with Crippen LogP contribution in [0.5, 0.6) is 0 Å². The molecule has 0 bridgehead atoms. The van der Waals surface area contributed by atoms with E-state index >= 15 is 0 Å². The van der Waals surface area contributed by atoms with Crippen molar-refractivity contribution >= 4 is 22.2 Å².